The first kappa shape index (κ1) is 22.4. The molecular formula is C24H25ClN4O2S. The van der Waals surface area contributed by atoms with Crippen LogP contribution in [0.2, 0.25) is 5.02 Å². The van der Waals surface area contributed by atoms with E-state index in [2.05, 4.69) is 15.2 Å². The molecule has 1 saturated heterocycles. The van der Waals surface area contributed by atoms with E-state index in [4.69, 9.17) is 17.3 Å². The summed E-state index contributed by atoms with van der Waals surface area (Å²) >= 11 is 7.86. The van der Waals surface area contributed by atoms with Gasteiger partial charge in [-0.3, -0.25) is 9.59 Å². The van der Waals surface area contributed by atoms with Crippen molar-refractivity contribution in [3.05, 3.63) is 65.3 Å². The fraction of sp³-hybridized carbons (Fsp3) is 0.292. The van der Waals surface area contributed by atoms with Gasteiger partial charge in [0.05, 0.1) is 5.75 Å². The summed E-state index contributed by atoms with van der Waals surface area (Å²) < 4.78 is 0. The number of carbonyl (C=O) groups is 2. The second-order valence-electron chi connectivity index (χ2n) is 7.81. The predicted octanol–water partition coefficient (Wildman–Crippen LogP) is 4.00. The van der Waals surface area contributed by atoms with Crippen molar-refractivity contribution >= 4 is 51.8 Å². The van der Waals surface area contributed by atoms with Gasteiger partial charge in [0.1, 0.15) is 5.82 Å². The van der Waals surface area contributed by atoms with Crippen LogP contribution in [0.25, 0.3) is 10.8 Å². The molecule has 1 aromatic heterocycles. The van der Waals surface area contributed by atoms with Gasteiger partial charge in [0.25, 0.3) is 0 Å². The van der Waals surface area contributed by atoms with Crippen molar-refractivity contribution in [3.63, 3.8) is 0 Å². The Morgan fingerprint density at radius 3 is 2.62 bits per heavy atom. The third-order valence-electron chi connectivity index (χ3n) is 5.71. The molecule has 0 atom stereocenters. The van der Waals surface area contributed by atoms with Crippen LogP contribution in [-0.4, -0.2) is 35.6 Å². The van der Waals surface area contributed by atoms with Gasteiger partial charge in [-0.1, -0.05) is 41.9 Å². The quantitative estimate of drug-likeness (QED) is 0.512. The van der Waals surface area contributed by atoms with Crippen LogP contribution in [0.5, 0.6) is 0 Å². The Morgan fingerprint density at radius 1 is 1.12 bits per heavy atom. The van der Waals surface area contributed by atoms with Gasteiger partial charge in [0, 0.05) is 52.6 Å². The van der Waals surface area contributed by atoms with Crippen LogP contribution in [0.15, 0.2) is 59.6 Å². The number of amides is 2. The highest BCUT2D eigenvalue weighted by molar-refractivity contribution is 8.00. The number of halogens is 1. The zero-order valence-electron chi connectivity index (χ0n) is 17.6. The number of anilines is 1. The first-order valence-electron chi connectivity index (χ1n) is 10.6. The van der Waals surface area contributed by atoms with E-state index in [9.17, 15) is 9.59 Å². The van der Waals surface area contributed by atoms with Gasteiger partial charge < -0.3 is 16.0 Å². The molecule has 2 aromatic carbocycles. The highest BCUT2D eigenvalue weighted by Crippen LogP contribution is 2.33. The number of nitrogens with one attached hydrogen (secondary N) is 1. The molecule has 0 unspecified atom stereocenters. The van der Waals surface area contributed by atoms with Crippen molar-refractivity contribution in [1.29, 1.82) is 0 Å². The molecule has 1 aliphatic rings. The van der Waals surface area contributed by atoms with Gasteiger partial charge in [-0.05, 0) is 36.4 Å². The van der Waals surface area contributed by atoms with Crippen LogP contribution in [0.1, 0.15) is 18.4 Å². The average molecular weight is 469 g/mol. The Kier molecular flexibility index (Phi) is 7.17. The molecule has 4 rings (SSSR count). The predicted molar refractivity (Wildman–Crippen MR) is 130 cm³/mol. The number of hydrogen-bond donors (Lipinski definition) is 2. The number of nitrogens with zero attached hydrogens (tertiary/aromatic N) is 2. The summed E-state index contributed by atoms with van der Waals surface area (Å²) in [6.07, 6.45) is 3.20. The number of fused-ring (bicyclic) bond motifs is 1. The van der Waals surface area contributed by atoms with Crippen LogP contribution < -0.4 is 16.0 Å². The molecule has 6 nitrogen and oxygen atoms in total. The lowest BCUT2D eigenvalue weighted by Crippen LogP contribution is -2.39. The number of piperidine rings is 1. The number of benzene rings is 2. The molecular weight excluding hydrogens is 444 g/mol. The molecule has 3 N–H and O–H groups in total. The molecule has 32 heavy (non-hydrogen) atoms. The second-order valence-corrected chi connectivity index (χ2v) is 9.23. The number of carbonyl (C=O) groups excluding carboxylic acids is 2. The molecule has 0 bridgehead atoms. The molecule has 0 aliphatic carbocycles. The molecule has 166 valence electrons. The Morgan fingerprint density at radius 2 is 1.88 bits per heavy atom. The minimum Gasteiger partial charge on any atom is -0.369 e. The summed E-state index contributed by atoms with van der Waals surface area (Å²) in [7, 11) is 0. The highest BCUT2D eigenvalue weighted by Gasteiger charge is 2.25. The van der Waals surface area contributed by atoms with E-state index in [1.807, 2.05) is 48.5 Å². The van der Waals surface area contributed by atoms with Gasteiger partial charge in [-0.25, -0.2) is 4.98 Å². The fourth-order valence-corrected chi connectivity index (χ4v) is 5.27. The van der Waals surface area contributed by atoms with E-state index >= 15 is 0 Å². The molecule has 0 spiro atoms. The second kappa shape index (κ2) is 10.2. The van der Waals surface area contributed by atoms with E-state index in [1.165, 1.54) is 11.8 Å². The highest BCUT2D eigenvalue weighted by atomic mass is 35.5. The van der Waals surface area contributed by atoms with Crippen LogP contribution in [-0.2, 0) is 16.1 Å². The number of thioether (sulfide) groups is 1. The molecule has 1 aliphatic heterocycles. The zero-order valence-corrected chi connectivity index (χ0v) is 19.2. The zero-order chi connectivity index (χ0) is 22.5. The maximum absolute atomic E-state index is 12.6. The molecule has 8 heteroatoms. The summed E-state index contributed by atoms with van der Waals surface area (Å²) in [5.41, 5.74) is 6.40. The van der Waals surface area contributed by atoms with Crippen molar-refractivity contribution in [3.8, 4) is 0 Å². The number of rotatable bonds is 7. The standard InChI is InChI=1S/C24H25ClN4O2S/c25-19-7-1-4-16-5-2-8-20(22(16)19)32-15-21(30)28-14-18-6-3-11-27-24(18)29-12-9-17(10-13-29)23(26)31/h1-8,11,17H,9-10,12-15H2,(H2,26,31)(H,28,30). The first-order valence-corrected chi connectivity index (χ1v) is 11.9. The monoisotopic (exact) mass is 468 g/mol. The number of pyridine rings is 1. The molecule has 1 fully saturated rings. The summed E-state index contributed by atoms with van der Waals surface area (Å²) in [6.45, 7) is 1.85. The SMILES string of the molecule is NC(=O)C1CCN(c2ncccc2CNC(=O)CSc2cccc3cccc(Cl)c23)CC1. The van der Waals surface area contributed by atoms with Crippen LogP contribution in [0, 0.1) is 5.92 Å². The van der Waals surface area contributed by atoms with Gasteiger partial charge in [0.15, 0.2) is 0 Å². The largest absolute Gasteiger partial charge is 0.369 e. The van der Waals surface area contributed by atoms with E-state index < -0.39 is 0 Å². The Hall–Kier alpha value is -2.77. The average Bonchev–Trinajstić information content (AvgIpc) is 2.81. The number of nitrogens with two attached hydrogens (primary N) is 1. The van der Waals surface area contributed by atoms with Crippen molar-refractivity contribution in [2.24, 2.45) is 11.7 Å². The van der Waals surface area contributed by atoms with Gasteiger partial charge in [-0.2, -0.15) is 0 Å². The van der Waals surface area contributed by atoms with Crippen molar-refractivity contribution in [1.82, 2.24) is 10.3 Å². The van der Waals surface area contributed by atoms with Crippen molar-refractivity contribution in [2.45, 2.75) is 24.3 Å². The van der Waals surface area contributed by atoms with Crippen LogP contribution >= 0.6 is 23.4 Å². The topological polar surface area (TPSA) is 88.3 Å². The molecule has 0 saturated carbocycles. The third-order valence-corrected chi connectivity index (χ3v) is 7.09. The van der Waals surface area contributed by atoms with E-state index in [0.29, 0.717) is 17.3 Å². The van der Waals surface area contributed by atoms with Gasteiger partial charge in [0.2, 0.25) is 11.8 Å². The Labute approximate surface area is 196 Å². The number of hydrogen-bond acceptors (Lipinski definition) is 5. The third kappa shape index (κ3) is 5.16. The van der Waals surface area contributed by atoms with E-state index in [0.717, 1.165) is 53.0 Å². The Bertz CT molecular complexity index is 1130. The van der Waals surface area contributed by atoms with Gasteiger partial charge in [-0.15, -0.1) is 11.8 Å². The van der Waals surface area contributed by atoms with E-state index in [-0.39, 0.29) is 17.7 Å². The number of aromatic nitrogens is 1. The number of primary amides is 1. The van der Waals surface area contributed by atoms with Crippen molar-refractivity contribution in [2.75, 3.05) is 23.7 Å². The van der Waals surface area contributed by atoms with Gasteiger partial charge >= 0.3 is 0 Å². The van der Waals surface area contributed by atoms with Crippen LogP contribution in [0.3, 0.4) is 0 Å². The maximum atomic E-state index is 12.6. The minimum atomic E-state index is -0.233. The summed E-state index contributed by atoms with van der Waals surface area (Å²) in [5, 5.41) is 5.72. The van der Waals surface area contributed by atoms with Crippen LogP contribution in [0.4, 0.5) is 5.82 Å². The lowest BCUT2D eigenvalue weighted by molar-refractivity contribution is -0.122. The lowest BCUT2D eigenvalue weighted by atomic mass is 9.96. The fourth-order valence-electron chi connectivity index (χ4n) is 4.00. The van der Waals surface area contributed by atoms with E-state index in [1.54, 1.807) is 6.20 Å². The molecule has 2 amide bonds. The van der Waals surface area contributed by atoms with Crippen molar-refractivity contribution < 1.29 is 9.59 Å². The summed E-state index contributed by atoms with van der Waals surface area (Å²) in [5.74, 6) is 0.788. The lowest BCUT2D eigenvalue weighted by Gasteiger charge is -2.32. The first-order chi connectivity index (χ1) is 15.5. The summed E-state index contributed by atoms with van der Waals surface area (Å²) in [4.78, 5) is 31.7. The molecule has 2 heterocycles. The maximum Gasteiger partial charge on any atom is 0.230 e. The Balaban J connectivity index is 1.36. The molecule has 0 radical (unpaired) electrons. The molecule has 3 aromatic rings. The minimum absolute atomic E-state index is 0.0544. The smallest absolute Gasteiger partial charge is 0.230 e. The summed E-state index contributed by atoms with van der Waals surface area (Å²) in [6, 6.07) is 15.6. The normalized spacial score (nSPS) is 14.5.